The Kier molecular flexibility index (Phi) is 13.9. The summed E-state index contributed by atoms with van der Waals surface area (Å²) in [6, 6.07) is 17.1. The van der Waals surface area contributed by atoms with E-state index in [0.717, 1.165) is 16.7 Å². The summed E-state index contributed by atoms with van der Waals surface area (Å²) >= 11 is 0. The van der Waals surface area contributed by atoms with Gasteiger partial charge in [0.15, 0.2) is 0 Å². The molecule has 2 amide bonds. The third kappa shape index (κ3) is 11.6. The van der Waals surface area contributed by atoms with E-state index in [2.05, 4.69) is 10.6 Å². The molecule has 3 atom stereocenters. The largest absolute Gasteiger partial charge is 0.466 e. The second-order valence-corrected chi connectivity index (χ2v) is 10.4. The van der Waals surface area contributed by atoms with Crippen LogP contribution in [0.25, 0.3) is 11.1 Å². The first-order chi connectivity index (χ1) is 19.1. The summed E-state index contributed by atoms with van der Waals surface area (Å²) in [5.41, 5.74) is 3.23. The lowest BCUT2D eigenvalue weighted by Gasteiger charge is -2.22. The lowest BCUT2D eigenvalue weighted by atomic mass is 9.94. The van der Waals surface area contributed by atoms with Crippen LogP contribution >= 0.6 is 0 Å². The maximum Gasteiger partial charge on any atom is 0.328 e. The van der Waals surface area contributed by atoms with E-state index in [0.29, 0.717) is 25.9 Å². The Morgan fingerprint density at radius 3 is 1.82 bits per heavy atom. The predicted octanol–water partition coefficient (Wildman–Crippen LogP) is 4.84. The number of carbonyl (C=O) groups is 4. The minimum atomic E-state index is -0.743. The number of benzene rings is 2. The van der Waals surface area contributed by atoms with Crippen molar-refractivity contribution >= 4 is 23.8 Å². The van der Waals surface area contributed by atoms with Gasteiger partial charge in [0.25, 0.3) is 0 Å². The highest BCUT2D eigenvalue weighted by Gasteiger charge is 2.25. The molecule has 3 unspecified atom stereocenters. The summed E-state index contributed by atoms with van der Waals surface area (Å²) in [6.45, 7) is 9.70. The van der Waals surface area contributed by atoms with Crippen LogP contribution in [0, 0.1) is 11.8 Å². The highest BCUT2D eigenvalue weighted by molar-refractivity contribution is 5.87. The molecular formula is C32H44N2O6. The first kappa shape index (κ1) is 32.5. The summed E-state index contributed by atoms with van der Waals surface area (Å²) in [4.78, 5) is 49.9. The van der Waals surface area contributed by atoms with E-state index >= 15 is 0 Å². The third-order valence-corrected chi connectivity index (χ3v) is 6.43. The fraction of sp³-hybridized carbons (Fsp3) is 0.500. The molecule has 218 valence electrons. The van der Waals surface area contributed by atoms with Gasteiger partial charge in [-0.3, -0.25) is 14.4 Å². The second-order valence-electron chi connectivity index (χ2n) is 10.4. The smallest absolute Gasteiger partial charge is 0.328 e. The molecule has 0 heterocycles. The highest BCUT2D eigenvalue weighted by atomic mass is 16.5. The van der Waals surface area contributed by atoms with Crippen LogP contribution in [0.1, 0.15) is 65.9 Å². The van der Waals surface area contributed by atoms with Crippen molar-refractivity contribution in [1.29, 1.82) is 0 Å². The van der Waals surface area contributed by atoms with Crippen molar-refractivity contribution in [3.8, 4) is 11.1 Å². The Labute approximate surface area is 238 Å². The van der Waals surface area contributed by atoms with Crippen LogP contribution in [0.2, 0.25) is 0 Å². The zero-order valence-electron chi connectivity index (χ0n) is 24.4. The molecule has 2 aromatic carbocycles. The van der Waals surface area contributed by atoms with Crippen LogP contribution in [0.3, 0.4) is 0 Å². The zero-order valence-corrected chi connectivity index (χ0v) is 24.4. The minimum absolute atomic E-state index is 0.0414. The number of nitrogens with one attached hydrogen (secondary N) is 2. The number of hydrogen-bond acceptors (Lipinski definition) is 6. The Bertz CT molecular complexity index is 1080. The standard InChI is InChI=1S/C32H44N2O6/c1-6-39-31(37)23(5)20-27(21-24-13-15-26(16-14-24)25-11-9-8-10-12-25)33-29(35)17-18-30(36)34-28(19-22(3)4)32(38)40-7-2/h8-16,22-23,27-28H,6-7,17-21H2,1-5H3,(H,33,35)(H,34,36). The van der Waals surface area contributed by atoms with E-state index in [4.69, 9.17) is 9.47 Å². The van der Waals surface area contributed by atoms with Gasteiger partial charge in [0.2, 0.25) is 11.8 Å². The molecule has 2 rings (SSSR count). The molecule has 8 heteroatoms. The van der Waals surface area contributed by atoms with Crippen LogP contribution in [-0.4, -0.2) is 49.1 Å². The first-order valence-electron chi connectivity index (χ1n) is 14.2. The lowest BCUT2D eigenvalue weighted by molar-refractivity contribution is -0.148. The van der Waals surface area contributed by atoms with E-state index in [1.54, 1.807) is 20.8 Å². The molecule has 2 N–H and O–H groups in total. The second kappa shape index (κ2) is 17.1. The summed E-state index contributed by atoms with van der Waals surface area (Å²) in [7, 11) is 0. The van der Waals surface area contributed by atoms with E-state index in [-0.39, 0.29) is 49.2 Å². The Hall–Kier alpha value is -3.68. The van der Waals surface area contributed by atoms with Crippen LogP contribution in [-0.2, 0) is 35.1 Å². The summed E-state index contributed by atoms with van der Waals surface area (Å²) < 4.78 is 10.2. The molecule has 0 bridgehead atoms. The fourth-order valence-corrected chi connectivity index (χ4v) is 4.47. The molecule has 0 fully saturated rings. The van der Waals surface area contributed by atoms with Crippen molar-refractivity contribution in [2.45, 2.75) is 78.8 Å². The Morgan fingerprint density at radius 2 is 1.25 bits per heavy atom. The van der Waals surface area contributed by atoms with Gasteiger partial charge in [0.1, 0.15) is 6.04 Å². The Morgan fingerprint density at radius 1 is 0.700 bits per heavy atom. The van der Waals surface area contributed by atoms with Crippen molar-refractivity contribution in [2.24, 2.45) is 11.8 Å². The molecular weight excluding hydrogens is 508 g/mol. The van der Waals surface area contributed by atoms with E-state index in [1.807, 2.05) is 68.4 Å². The normalized spacial score (nSPS) is 13.2. The lowest BCUT2D eigenvalue weighted by Crippen LogP contribution is -2.43. The molecule has 0 aromatic heterocycles. The van der Waals surface area contributed by atoms with Gasteiger partial charge in [-0.05, 0) is 55.7 Å². The summed E-state index contributed by atoms with van der Waals surface area (Å²) in [6.07, 6.45) is 1.27. The van der Waals surface area contributed by atoms with Gasteiger partial charge in [-0.25, -0.2) is 4.79 Å². The van der Waals surface area contributed by atoms with Crippen LogP contribution in [0.4, 0.5) is 0 Å². The monoisotopic (exact) mass is 552 g/mol. The van der Waals surface area contributed by atoms with E-state index < -0.39 is 17.9 Å². The van der Waals surface area contributed by atoms with E-state index in [1.165, 1.54) is 0 Å². The molecule has 0 radical (unpaired) electrons. The number of rotatable bonds is 16. The van der Waals surface area contributed by atoms with Crippen molar-refractivity contribution in [3.63, 3.8) is 0 Å². The molecule has 0 aliphatic rings. The minimum Gasteiger partial charge on any atom is -0.466 e. The van der Waals surface area contributed by atoms with Gasteiger partial charge in [0, 0.05) is 18.9 Å². The predicted molar refractivity (Wildman–Crippen MR) is 155 cm³/mol. The van der Waals surface area contributed by atoms with Crippen molar-refractivity contribution in [2.75, 3.05) is 13.2 Å². The number of carbonyl (C=O) groups excluding carboxylic acids is 4. The SMILES string of the molecule is CCOC(=O)C(C)CC(Cc1ccc(-c2ccccc2)cc1)NC(=O)CCC(=O)NC(CC(C)C)C(=O)OCC. The molecule has 2 aromatic rings. The van der Waals surface area contributed by atoms with Gasteiger partial charge in [0.05, 0.1) is 19.1 Å². The van der Waals surface area contributed by atoms with Gasteiger partial charge < -0.3 is 20.1 Å². The number of esters is 2. The maximum absolute atomic E-state index is 12.9. The average Bonchev–Trinajstić information content (AvgIpc) is 2.92. The van der Waals surface area contributed by atoms with Crippen LogP contribution in [0.15, 0.2) is 54.6 Å². The van der Waals surface area contributed by atoms with E-state index in [9.17, 15) is 19.2 Å². The van der Waals surface area contributed by atoms with Gasteiger partial charge in [-0.1, -0.05) is 75.4 Å². The summed E-state index contributed by atoms with van der Waals surface area (Å²) in [5.74, 6) is -1.69. The zero-order chi connectivity index (χ0) is 29.5. The number of ether oxygens (including phenoxy) is 2. The van der Waals surface area contributed by atoms with Crippen molar-refractivity contribution < 1.29 is 28.7 Å². The molecule has 0 saturated heterocycles. The van der Waals surface area contributed by atoms with Gasteiger partial charge in [-0.15, -0.1) is 0 Å². The summed E-state index contributed by atoms with van der Waals surface area (Å²) in [5, 5.41) is 5.71. The molecule has 0 aliphatic carbocycles. The van der Waals surface area contributed by atoms with Crippen LogP contribution in [0.5, 0.6) is 0 Å². The number of amides is 2. The van der Waals surface area contributed by atoms with Crippen molar-refractivity contribution in [3.05, 3.63) is 60.2 Å². The third-order valence-electron chi connectivity index (χ3n) is 6.43. The molecule has 40 heavy (non-hydrogen) atoms. The molecule has 0 spiro atoms. The maximum atomic E-state index is 12.9. The van der Waals surface area contributed by atoms with Gasteiger partial charge in [-0.2, -0.15) is 0 Å². The fourth-order valence-electron chi connectivity index (χ4n) is 4.47. The average molecular weight is 553 g/mol. The topological polar surface area (TPSA) is 111 Å². The molecule has 0 aliphatic heterocycles. The molecule has 8 nitrogen and oxygen atoms in total. The number of hydrogen-bond donors (Lipinski definition) is 2. The van der Waals surface area contributed by atoms with Gasteiger partial charge >= 0.3 is 11.9 Å². The highest BCUT2D eigenvalue weighted by Crippen LogP contribution is 2.21. The van der Waals surface area contributed by atoms with Crippen LogP contribution < -0.4 is 10.6 Å². The van der Waals surface area contributed by atoms with Crippen molar-refractivity contribution in [1.82, 2.24) is 10.6 Å². The first-order valence-corrected chi connectivity index (χ1v) is 14.2. The quantitative estimate of drug-likeness (QED) is 0.288. The Balaban J connectivity index is 2.02. The molecule has 0 saturated carbocycles.